The molecule has 0 spiro atoms. The van der Waals surface area contributed by atoms with Crippen molar-refractivity contribution >= 4 is 35.4 Å². The van der Waals surface area contributed by atoms with Gasteiger partial charge in [-0.1, -0.05) is 19.0 Å². The van der Waals surface area contributed by atoms with Gasteiger partial charge in [-0.3, -0.25) is 9.59 Å². The maximum absolute atomic E-state index is 11.7. The van der Waals surface area contributed by atoms with E-state index in [4.69, 9.17) is 9.63 Å². The molecule has 0 fully saturated rings. The third kappa shape index (κ3) is 7.68. The van der Waals surface area contributed by atoms with Gasteiger partial charge >= 0.3 is 5.97 Å². The van der Waals surface area contributed by atoms with Crippen molar-refractivity contribution in [1.29, 1.82) is 0 Å². The van der Waals surface area contributed by atoms with Gasteiger partial charge in [-0.25, -0.2) is 4.79 Å². The fraction of sp³-hybridized carbons (Fsp3) is 0.571. The van der Waals surface area contributed by atoms with Crippen molar-refractivity contribution in [3.8, 4) is 0 Å². The van der Waals surface area contributed by atoms with Crippen LogP contribution in [0.15, 0.2) is 10.6 Å². The van der Waals surface area contributed by atoms with Gasteiger partial charge in [-0.2, -0.15) is 0 Å². The highest BCUT2D eigenvalue weighted by Crippen LogP contribution is 2.09. The van der Waals surface area contributed by atoms with Crippen molar-refractivity contribution in [2.45, 2.75) is 33.2 Å². The van der Waals surface area contributed by atoms with Gasteiger partial charge in [-0.05, 0) is 19.3 Å². The molecule has 1 heterocycles. The summed E-state index contributed by atoms with van der Waals surface area (Å²) in [5, 5.41) is 17.7. The van der Waals surface area contributed by atoms with Crippen LogP contribution in [0.1, 0.15) is 26.0 Å². The molecule has 0 saturated heterocycles. The highest BCUT2D eigenvalue weighted by Gasteiger charge is 2.21. The summed E-state index contributed by atoms with van der Waals surface area (Å²) >= 11 is 1.09. The number of aliphatic carboxylic acids is 1. The number of anilines is 1. The lowest BCUT2D eigenvalue weighted by Gasteiger charge is -2.16. The van der Waals surface area contributed by atoms with E-state index in [0.29, 0.717) is 18.0 Å². The van der Waals surface area contributed by atoms with Crippen molar-refractivity contribution in [3.05, 3.63) is 11.8 Å². The average molecular weight is 343 g/mol. The second-order valence-electron chi connectivity index (χ2n) is 5.45. The highest BCUT2D eigenvalue weighted by atomic mass is 32.2. The zero-order valence-corrected chi connectivity index (χ0v) is 14.1. The summed E-state index contributed by atoms with van der Waals surface area (Å²) in [7, 11) is 0. The number of aromatic nitrogens is 1. The molecule has 0 aromatic carbocycles. The van der Waals surface area contributed by atoms with Crippen LogP contribution in [-0.2, 0) is 14.4 Å². The first kappa shape index (κ1) is 19.0. The Kier molecular flexibility index (Phi) is 7.60. The van der Waals surface area contributed by atoms with Gasteiger partial charge in [0.15, 0.2) is 5.82 Å². The summed E-state index contributed by atoms with van der Waals surface area (Å²) < 4.78 is 4.81. The number of nitrogens with one attached hydrogen (secondary N) is 2. The molecule has 2 amide bonds. The molecule has 0 bridgehead atoms. The molecule has 1 aromatic heterocycles. The van der Waals surface area contributed by atoms with Gasteiger partial charge in [0.1, 0.15) is 11.8 Å². The van der Waals surface area contributed by atoms with Gasteiger partial charge in [0, 0.05) is 6.07 Å². The third-order valence-corrected chi connectivity index (χ3v) is 3.63. The predicted molar refractivity (Wildman–Crippen MR) is 86.2 cm³/mol. The number of hydrogen-bond acceptors (Lipinski definition) is 6. The topological polar surface area (TPSA) is 122 Å². The first-order valence-corrected chi connectivity index (χ1v) is 8.26. The van der Waals surface area contributed by atoms with E-state index in [9.17, 15) is 14.4 Å². The van der Waals surface area contributed by atoms with Gasteiger partial charge in [0.25, 0.3) is 0 Å². The Morgan fingerprint density at radius 1 is 1.30 bits per heavy atom. The predicted octanol–water partition coefficient (Wildman–Crippen LogP) is 1.27. The SMILES string of the molecule is Cc1cc(NC(=O)CSCC(=O)N[C@H](CC(C)C)C(=O)O)no1. The Hall–Kier alpha value is -2.03. The zero-order chi connectivity index (χ0) is 17.4. The number of carbonyl (C=O) groups is 3. The van der Waals surface area contributed by atoms with Crippen LogP contribution in [0.3, 0.4) is 0 Å². The van der Waals surface area contributed by atoms with Crippen LogP contribution in [0.25, 0.3) is 0 Å². The minimum Gasteiger partial charge on any atom is -0.480 e. The van der Waals surface area contributed by atoms with Crippen molar-refractivity contribution in [2.75, 3.05) is 16.8 Å². The van der Waals surface area contributed by atoms with Gasteiger partial charge < -0.3 is 20.3 Å². The molecule has 0 aliphatic rings. The van der Waals surface area contributed by atoms with Crippen LogP contribution in [0, 0.1) is 12.8 Å². The minimum atomic E-state index is -1.06. The second kappa shape index (κ2) is 9.19. The molecule has 0 aliphatic heterocycles. The molecule has 1 aromatic rings. The summed E-state index contributed by atoms with van der Waals surface area (Å²) in [5.74, 6) is -0.662. The van der Waals surface area contributed by atoms with E-state index < -0.39 is 17.9 Å². The van der Waals surface area contributed by atoms with E-state index in [1.807, 2.05) is 13.8 Å². The van der Waals surface area contributed by atoms with Gasteiger partial charge in [-0.15, -0.1) is 11.8 Å². The molecule has 3 N–H and O–H groups in total. The lowest BCUT2D eigenvalue weighted by atomic mass is 10.0. The monoisotopic (exact) mass is 343 g/mol. The second-order valence-corrected chi connectivity index (χ2v) is 6.44. The summed E-state index contributed by atoms with van der Waals surface area (Å²) in [6.07, 6.45) is 0.359. The number of carboxylic acids is 1. The van der Waals surface area contributed by atoms with E-state index in [1.54, 1.807) is 13.0 Å². The van der Waals surface area contributed by atoms with E-state index in [2.05, 4.69) is 15.8 Å². The number of thioether (sulfide) groups is 1. The Morgan fingerprint density at radius 2 is 1.96 bits per heavy atom. The van der Waals surface area contributed by atoms with Crippen molar-refractivity contribution in [2.24, 2.45) is 5.92 Å². The fourth-order valence-electron chi connectivity index (χ4n) is 1.77. The highest BCUT2D eigenvalue weighted by molar-refractivity contribution is 8.00. The zero-order valence-electron chi connectivity index (χ0n) is 13.3. The maximum Gasteiger partial charge on any atom is 0.326 e. The molecule has 0 radical (unpaired) electrons. The van der Waals surface area contributed by atoms with E-state index in [-0.39, 0.29) is 23.3 Å². The molecule has 8 nitrogen and oxygen atoms in total. The van der Waals surface area contributed by atoms with Crippen LogP contribution in [0.2, 0.25) is 0 Å². The van der Waals surface area contributed by atoms with Crippen LogP contribution in [0.5, 0.6) is 0 Å². The van der Waals surface area contributed by atoms with Crippen LogP contribution in [-0.4, -0.2) is 45.6 Å². The van der Waals surface area contributed by atoms with Crippen LogP contribution in [0.4, 0.5) is 5.82 Å². The molecule has 1 atom stereocenters. The number of nitrogens with zero attached hydrogens (tertiary/aromatic N) is 1. The van der Waals surface area contributed by atoms with E-state index in [1.165, 1.54) is 0 Å². The third-order valence-electron chi connectivity index (χ3n) is 2.70. The Balaban J connectivity index is 2.29. The summed E-state index contributed by atoms with van der Waals surface area (Å²) in [5.41, 5.74) is 0. The minimum absolute atomic E-state index is 0.00708. The lowest BCUT2D eigenvalue weighted by molar-refractivity contribution is -0.141. The normalized spacial score (nSPS) is 12.0. The average Bonchev–Trinajstić information content (AvgIpc) is 2.82. The number of rotatable bonds is 9. The first-order chi connectivity index (χ1) is 10.8. The molecule has 128 valence electrons. The first-order valence-electron chi connectivity index (χ1n) is 7.11. The number of carboxylic acid groups (broad SMARTS) is 1. The lowest BCUT2D eigenvalue weighted by Crippen LogP contribution is -2.42. The van der Waals surface area contributed by atoms with Gasteiger partial charge in [0.05, 0.1) is 11.5 Å². The molecule has 23 heavy (non-hydrogen) atoms. The fourth-order valence-corrected chi connectivity index (χ4v) is 2.40. The molecule has 0 aliphatic carbocycles. The molecule has 0 unspecified atom stereocenters. The number of hydrogen-bond donors (Lipinski definition) is 3. The van der Waals surface area contributed by atoms with Crippen molar-refractivity contribution in [3.63, 3.8) is 0 Å². The molecule has 0 saturated carbocycles. The van der Waals surface area contributed by atoms with Gasteiger partial charge in [0.2, 0.25) is 11.8 Å². The van der Waals surface area contributed by atoms with E-state index in [0.717, 1.165) is 11.8 Å². The Labute approximate surface area is 138 Å². The molecule has 1 rings (SSSR count). The number of aryl methyl sites for hydroxylation is 1. The summed E-state index contributed by atoms with van der Waals surface area (Å²) in [6, 6.07) is 0.675. The van der Waals surface area contributed by atoms with Crippen LogP contribution >= 0.6 is 11.8 Å². The Morgan fingerprint density at radius 3 is 2.48 bits per heavy atom. The Bertz CT molecular complexity index is 558. The summed E-state index contributed by atoms with van der Waals surface area (Å²) in [6.45, 7) is 5.47. The maximum atomic E-state index is 11.7. The molecule has 9 heteroatoms. The number of carbonyl (C=O) groups excluding carboxylic acids is 2. The number of amides is 2. The van der Waals surface area contributed by atoms with Crippen molar-refractivity contribution in [1.82, 2.24) is 10.5 Å². The summed E-state index contributed by atoms with van der Waals surface area (Å²) in [4.78, 5) is 34.4. The van der Waals surface area contributed by atoms with Crippen molar-refractivity contribution < 1.29 is 24.0 Å². The quantitative estimate of drug-likeness (QED) is 0.617. The largest absolute Gasteiger partial charge is 0.480 e. The molecular formula is C14H21N3O5S. The molecular weight excluding hydrogens is 322 g/mol. The van der Waals surface area contributed by atoms with Crippen LogP contribution < -0.4 is 10.6 Å². The standard InChI is InChI=1S/C14H21N3O5S/c1-8(2)4-10(14(20)21)15-12(18)6-23-7-13(19)16-11-5-9(3)22-17-11/h5,8,10H,4,6-7H2,1-3H3,(H,15,18)(H,20,21)(H,16,17,19)/t10-/m1/s1. The smallest absolute Gasteiger partial charge is 0.326 e. The van der Waals surface area contributed by atoms with E-state index >= 15 is 0 Å².